The average Bonchev–Trinajstić information content (AvgIpc) is 3.47. The van der Waals surface area contributed by atoms with E-state index in [4.69, 9.17) is 4.42 Å². The summed E-state index contributed by atoms with van der Waals surface area (Å²) in [5.41, 5.74) is 0.998. The van der Waals surface area contributed by atoms with Crippen molar-refractivity contribution >= 4 is 11.8 Å². The zero-order chi connectivity index (χ0) is 21.1. The van der Waals surface area contributed by atoms with Gasteiger partial charge in [0.2, 0.25) is 0 Å². The number of rotatable bonds is 6. The Kier molecular flexibility index (Phi) is 5.30. The molecule has 156 valence electrons. The van der Waals surface area contributed by atoms with Crippen molar-refractivity contribution in [1.82, 2.24) is 25.2 Å². The second-order valence-electron chi connectivity index (χ2n) is 7.12. The number of benzene rings is 1. The van der Waals surface area contributed by atoms with Crippen LogP contribution in [0.25, 0.3) is 0 Å². The molecule has 8 nitrogen and oxygen atoms in total. The Morgan fingerprint density at radius 1 is 1.20 bits per heavy atom. The van der Waals surface area contributed by atoms with E-state index < -0.39 is 36.7 Å². The number of hydrogen-bond donors (Lipinski definition) is 1. The minimum absolute atomic E-state index is 0.00253. The van der Waals surface area contributed by atoms with Crippen LogP contribution in [0.4, 0.5) is 8.78 Å². The molecule has 1 saturated heterocycles. The fraction of sp³-hybridized carbons (Fsp3) is 0.300. The first-order valence-corrected chi connectivity index (χ1v) is 9.36. The predicted octanol–water partition coefficient (Wildman–Crippen LogP) is 2.35. The van der Waals surface area contributed by atoms with Gasteiger partial charge < -0.3 is 14.6 Å². The van der Waals surface area contributed by atoms with E-state index in [0.29, 0.717) is 6.54 Å². The molecule has 2 aromatic heterocycles. The summed E-state index contributed by atoms with van der Waals surface area (Å²) in [5, 5.41) is 10.4. The fourth-order valence-electron chi connectivity index (χ4n) is 3.42. The van der Waals surface area contributed by atoms with Crippen LogP contribution in [0, 0.1) is 0 Å². The Morgan fingerprint density at radius 2 is 2.00 bits per heavy atom. The SMILES string of the molecule is O=C(NCc1ccccc1)c1cn(C[C@@H]2CC(F)(F)CN2C(=O)c2ccco2)nn1. The third-order valence-electron chi connectivity index (χ3n) is 4.83. The van der Waals surface area contributed by atoms with Crippen molar-refractivity contribution in [1.29, 1.82) is 0 Å². The molecule has 3 aromatic rings. The van der Waals surface area contributed by atoms with Crippen LogP contribution in [0.2, 0.25) is 0 Å². The van der Waals surface area contributed by atoms with Gasteiger partial charge in [-0.05, 0) is 17.7 Å². The first kappa shape index (κ1) is 19.7. The van der Waals surface area contributed by atoms with Gasteiger partial charge in [-0.3, -0.25) is 9.59 Å². The number of furan rings is 1. The zero-order valence-electron chi connectivity index (χ0n) is 15.9. The highest BCUT2D eigenvalue weighted by atomic mass is 19.3. The highest BCUT2D eigenvalue weighted by Crippen LogP contribution is 2.33. The van der Waals surface area contributed by atoms with E-state index in [1.54, 1.807) is 0 Å². The van der Waals surface area contributed by atoms with Crippen molar-refractivity contribution in [3.8, 4) is 0 Å². The van der Waals surface area contributed by atoms with Crippen LogP contribution in [0.3, 0.4) is 0 Å². The van der Waals surface area contributed by atoms with Gasteiger partial charge >= 0.3 is 0 Å². The summed E-state index contributed by atoms with van der Waals surface area (Å²) >= 11 is 0. The number of alkyl halides is 2. The van der Waals surface area contributed by atoms with Crippen molar-refractivity contribution in [2.75, 3.05) is 6.54 Å². The molecule has 1 N–H and O–H groups in total. The summed E-state index contributed by atoms with van der Waals surface area (Å²) in [7, 11) is 0. The number of nitrogens with zero attached hydrogens (tertiary/aromatic N) is 4. The molecule has 10 heteroatoms. The summed E-state index contributed by atoms with van der Waals surface area (Å²) in [6.07, 6.45) is 2.19. The van der Waals surface area contributed by atoms with E-state index in [1.807, 2.05) is 30.3 Å². The maximum Gasteiger partial charge on any atom is 0.290 e. The summed E-state index contributed by atoms with van der Waals surface area (Å²) in [4.78, 5) is 25.9. The predicted molar refractivity (Wildman–Crippen MR) is 101 cm³/mol. The van der Waals surface area contributed by atoms with E-state index in [1.165, 1.54) is 29.3 Å². The molecule has 0 bridgehead atoms. The number of carbonyl (C=O) groups is 2. The smallest absolute Gasteiger partial charge is 0.290 e. The molecule has 4 rings (SSSR count). The van der Waals surface area contributed by atoms with Gasteiger partial charge in [-0.25, -0.2) is 13.5 Å². The van der Waals surface area contributed by atoms with Gasteiger partial charge in [0.25, 0.3) is 17.7 Å². The lowest BCUT2D eigenvalue weighted by Crippen LogP contribution is -2.38. The number of hydrogen-bond acceptors (Lipinski definition) is 5. The molecule has 0 radical (unpaired) electrons. The van der Waals surface area contributed by atoms with Gasteiger partial charge in [0.1, 0.15) is 0 Å². The number of amides is 2. The number of likely N-dealkylation sites (tertiary alicyclic amines) is 1. The highest BCUT2D eigenvalue weighted by Gasteiger charge is 2.47. The minimum atomic E-state index is -3.01. The standard InChI is InChI=1S/C20H19F2N5O3/c21-20(22)9-15(27(13-20)19(29)17-7-4-8-30-17)11-26-12-16(24-25-26)18(28)23-10-14-5-2-1-3-6-14/h1-8,12,15H,9-11,13H2,(H,23,28)/t15-/m0/s1. The third kappa shape index (κ3) is 4.37. The number of halogens is 2. The van der Waals surface area contributed by atoms with Crippen LogP contribution in [0.15, 0.2) is 59.3 Å². The van der Waals surface area contributed by atoms with Crippen LogP contribution in [-0.2, 0) is 13.1 Å². The Balaban J connectivity index is 1.41. The summed E-state index contributed by atoms with van der Waals surface area (Å²) < 4.78 is 34.4. The van der Waals surface area contributed by atoms with E-state index >= 15 is 0 Å². The normalized spacial score (nSPS) is 17.8. The molecule has 1 atom stereocenters. The third-order valence-corrected chi connectivity index (χ3v) is 4.83. The molecule has 3 heterocycles. The lowest BCUT2D eigenvalue weighted by molar-refractivity contribution is 0.0113. The van der Waals surface area contributed by atoms with Gasteiger partial charge in [-0.15, -0.1) is 5.10 Å². The molecule has 1 aliphatic heterocycles. The quantitative estimate of drug-likeness (QED) is 0.667. The number of nitrogens with one attached hydrogen (secondary N) is 1. The van der Waals surface area contributed by atoms with Gasteiger partial charge in [0.05, 0.1) is 31.6 Å². The van der Waals surface area contributed by atoms with Crippen LogP contribution < -0.4 is 5.32 Å². The summed E-state index contributed by atoms with van der Waals surface area (Å²) in [6, 6.07) is 11.5. The maximum atomic E-state index is 14.0. The van der Waals surface area contributed by atoms with Crippen molar-refractivity contribution in [2.45, 2.75) is 31.5 Å². The van der Waals surface area contributed by atoms with Crippen LogP contribution in [-0.4, -0.2) is 50.2 Å². The first-order chi connectivity index (χ1) is 14.4. The first-order valence-electron chi connectivity index (χ1n) is 9.36. The molecule has 0 spiro atoms. The summed E-state index contributed by atoms with van der Waals surface area (Å²) in [5.74, 6) is -4.05. The molecule has 1 aliphatic rings. The molecule has 1 fully saturated rings. The maximum absolute atomic E-state index is 14.0. The fourth-order valence-corrected chi connectivity index (χ4v) is 3.42. The monoisotopic (exact) mass is 415 g/mol. The topological polar surface area (TPSA) is 93.3 Å². The van der Waals surface area contributed by atoms with Crippen LogP contribution in [0.5, 0.6) is 0 Å². The Bertz CT molecular complexity index is 1020. The molecule has 0 saturated carbocycles. The molecule has 30 heavy (non-hydrogen) atoms. The second kappa shape index (κ2) is 8.05. The Labute approximate surface area is 170 Å². The summed E-state index contributed by atoms with van der Waals surface area (Å²) in [6.45, 7) is -0.385. The van der Waals surface area contributed by atoms with Gasteiger partial charge in [-0.2, -0.15) is 0 Å². The van der Waals surface area contributed by atoms with Gasteiger partial charge in [0, 0.05) is 13.0 Å². The second-order valence-corrected chi connectivity index (χ2v) is 7.12. The lowest BCUT2D eigenvalue weighted by Gasteiger charge is -2.22. The van der Waals surface area contributed by atoms with E-state index in [0.717, 1.165) is 10.5 Å². The number of carbonyl (C=O) groups excluding carboxylic acids is 2. The largest absolute Gasteiger partial charge is 0.459 e. The minimum Gasteiger partial charge on any atom is -0.459 e. The zero-order valence-corrected chi connectivity index (χ0v) is 15.9. The van der Waals surface area contributed by atoms with E-state index in [2.05, 4.69) is 15.6 Å². The molecular formula is C20H19F2N5O3. The van der Waals surface area contributed by atoms with E-state index in [9.17, 15) is 18.4 Å². The molecular weight excluding hydrogens is 396 g/mol. The number of aromatic nitrogens is 3. The highest BCUT2D eigenvalue weighted by molar-refractivity contribution is 5.92. The van der Waals surface area contributed by atoms with Gasteiger partial charge in [-0.1, -0.05) is 35.5 Å². The van der Waals surface area contributed by atoms with Crippen LogP contribution in [0.1, 0.15) is 33.0 Å². The van der Waals surface area contributed by atoms with Crippen molar-refractivity contribution < 1.29 is 22.8 Å². The van der Waals surface area contributed by atoms with Crippen molar-refractivity contribution in [2.24, 2.45) is 0 Å². The van der Waals surface area contributed by atoms with Crippen molar-refractivity contribution in [3.63, 3.8) is 0 Å². The lowest BCUT2D eigenvalue weighted by atomic mass is 10.2. The van der Waals surface area contributed by atoms with Crippen LogP contribution >= 0.6 is 0 Å². The Hall–Kier alpha value is -3.56. The molecule has 0 unspecified atom stereocenters. The van der Waals surface area contributed by atoms with Gasteiger partial charge in [0.15, 0.2) is 11.5 Å². The Morgan fingerprint density at radius 3 is 2.73 bits per heavy atom. The molecule has 0 aliphatic carbocycles. The molecule has 2 amide bonds. The van der Waals surface area contributed by atoms with Crippen molar-refractivity contribution in [3.05, 3.63) is 71.9 Å². The van der Waals surface area contributed by atoms with E-state index in [-0.39, 0.29) is 18.0 Å². The molecule has 1 aromatic carbocycles. The average molecular weight is 415 g/mol.